The SMILES string of the molecule is NC(CC(F)(F)F)C(=O)N[C@](Cc1ccccc1)(c1ccc(F)cc1)c1cc(F)cc(OC(F)(F)C(F)F)c1. The molecule has 0 bridgehead atoms. The van der Waals surface area contributed by atoms with Gasteiger partial charge in [0.15, 0.2) is 0 Å². The zero-order chi connectivity index (χ0) is 29.0. The summed E-state index contributed by atoms with van der Waals surface area (Å²) in [5, 5.41) is 2.35. The number of benzene rings is 3. The number of hydrogen-bond donors (Lipinski definition) is 2. The van der Waals surface area contributed by atoms with Gasteiger partial charge in [0.2, 0.25) is 5.91 Å². The molecular formula is C26H21F9N2O2. The number of hydrogen-bond acceptors (Lipinski definition) is 3. The Hall–Kier alpha value is -3.74. The highest BCUT2D eigenvalue weighted by molar-refractivity contribution is 5.83. The minimum Gasteiger partial charge on any atom is -0.428 e. The Morgan fingerprint density at radius 3 is 2.03 bits per heavy atom. The normalized spacial score (nSPS) is 14.5. The van der Waals surface area contributed by atoms with Crippen LogP contribution in [0.3, 0.4) is 0 Å². The van der Waals surface area contributed by atoms with E-state index in [1.165, 1.54) is 0 Å². The molecule has 0 spiro atoms. The molecule has 0 aliphatic carbocycles. The highest BCUT2D eigenvalue weighted by Crippen LogP contribution is 2.38. The van der Waals surface area contributed by atoms with Crippen molar-refractivity contribution < 1.29 is 49.0 Å². The van der Waals surface area contributed by atoms with Crippen molar-refractivity contribution in [2.75, 3.05) is 0 Å². The van der Waals surface area contributed by atoms with E-state index in [0.717, 1.165) is 36.4 Å². The Morgan fingerprint density at radius 2 is 1.46 bits per heavy atom. The maximum atomic E-state index is 14.7. The zero-order valence-electron chi connectivity index (χ0n) is 19.8. The Morgan fingerprint density at radius 1 is 0.846 bits per heavy atom. The second-order valence-electron chi connectivity index (χ2n) is 8.63. The van der Waals surface area contributed by atoms with Crippen LogP contribution in [0.1, 0.15) is 23.1 Å². The Bertz CT molecular complexity index is 1270. The van der Waals surface area contributed by atoms with Crippen LogP contribution in [-0.4, -0.2) is 30.7 Å². The van der Waals surface area contributed by atoms with Crippen LogP contribution < -0.4 is 15.8 Å². The van der Waals surface area contributed by atoms with Gasteiger partial charge in [-0.05, 0) is 41.0 Å². The summed E-state index contributed by atoms with van der Waals surface area (Å²) < 4.78 is 124. The lowest BCUT2D eigenvalue weighted by atomic mass is 9.77. The molecule has 2 atom stereocenters. The smallest absolute Gasteiger partial charge is 0.428 e. The van der Waals surface area contributed by atoms with Crippen molar-refractivity contribution in [3.05, 3.63) is 101 Å². The van der Waals surface area contributed by atoms with Gasteiger partial charge in [-0.3, -0.25) is 4.79 Å². The van der Waals surface area contributed by atoms with E-state index >= 15 is 0 Å². The van der Waals surface area contributed by atoms with Crippen molar-refractivity contribution in [1.82, 2.24) is 5.32 Å². The van der Waals surface area contributed by atoms with Crippen LogP contribution in [0, 0.1) is 11.6 Å². The van der Waals surface area contributed by atoms with Crippen LogP contribution in [0.25, 0.3) is 0 Å². The fourth-order valence-corrected chi connectivity index (χ4v) is 3.91. The van der Waals surface area contributed by atoms with Gasteiger partial charge in [-0.15, -0.1) is 0 Å². The van der Waals surface area contributed by atoms with Crippen molar-refractivity contribution in [1.29, 1.82) is 0 Å². The molecule has 0 saturated carbocycles. The number of halogens is 9. The molecule has 0 aromatic heterocycles. The number of ether oxygens (including phenoxy) is 1. The minimum absolute atomic E-state index is 0.0162. The zero-order valence-corrected chi connectivity index (χ0v) is 19.8. The summed E-state index contributed by atoms with van der Waals surface area (Å²) in [5.41, 5.74) is 3.44. The predicted molar refractivity (Wildman–Crippen MR) is 122 cm³/mol. The van der Waals surface area contributed by atoms with Crippen LogP contribution >= 0.6 is 0 Å². The summed E-state index contributed by atoms with van der Waals surface area (Å²) in [6, 6.07) is 11.7. The molecule has 3 aromatic rings. The Balaban J connectivity index is 2.25. The third-order valence-electron chi connectivity index (χ3n) is 5.65. The summed E-state index contributed by atoms with van der Waals surface area (Å²) >= 11 is 0. The van der Waals surface area contributed by atoms with Crippen molar-refractivity contribution in [3.63, 3.8) is 0 Å². The molecule has 210 valence electrons. The molecule has 0 saturated heterocycles. The molecule has 0 aliphatic rings. The highest BCUT2D eigenvalue weighted by Gasteiger charge is 2.45. The largest absolute Gasteiger partial charge is 0.461 e. The molecule has 0 fully saturated rings. The molecule has 3 aromatic carbocycles. The summed E-state index contributed by atoms with van der Waals surface area (Å²) in [6.45, 7) is 0. The molecule has 39 heavy (non-hydrogen) atoms. The fraction of sp³-hybridized carbons (Fsp3) is 0.269. The van der Waals surface area contributed by atoms with Crippen molar-refractivity contribution >= 4 is 5.91 Å². The number of nitrogens with one attached hydrogen (secondary N) is 1. The van der Waals surface area contributed by atoms with E-state index < -0.39 is 60.0 Å². The van der Waals surface area contributed by atoms with Gasteiger partial charge in [-0.25, -0.2) is 8.78 Å². The van der Waals surface area contributed by atoms with E-state index in [-0.39, 0.29) is 17.5 Å². The first-order valence-corrected chi connectivity index (χ1v) is 11.2. The summed E-state index contributed by atoms with van der Waals surface area (Å²) in [7, 11) is 0. The summed E-state index contributed by atoms with van der Waals surface area (Å²) in [5.74, 6) is -4.44. The maximum absolute atomic E-state index is 14.7. The van der Waals surface area contributed by atoms with Crippen molar-refractivity contribution in [2.24, 2.45) is 5.73 Å². The quantitative estimate of drug-likeness (QED) is 0.294. The first-order valence-electron chi connectivity index (χ1n) is 11.2. The first-order chi connectivity index (χ1) is 18.1. The molecule has 3 N–H and O–H groups in total. The number of amides is 1. The van der Waals surface area contributed by atoms with Crippen LogP contribution in [0.15, 0.2) is 72.8 Å². The lowest BCUT2D eigenvalue weighted by molar-refractivity contribution is -0.253. The second kappa shape index (κ2) is 11.6. The number of rotatable bonds is 10. The lowest BCUT2D eigenvalue weighted by Crippen LogP contribution is -2.54. The molecule has 1 unspecified atom stereocenters. The topological polar surface area (TPSA) is 64.4 Å². The van der Waals surface area contributed by atoms with Gasteiger partial charge < -0.3 is 15.8 Å². The molecule has 4 nitrogen and oxygen atoms in total. The number of carbonyl (C=O) groups is 1. The van der Waals surface area contributed by atoms with E-state index in [2.05, 4.69) is 10.1 Å². The van der Waals surface area contributed by atoms with Crippen LogP contribution in [0.4, 0.5) is 39.5 Å². The summed E-state index contributed by atoms with van der Waals surface area (Å²) in [6.07, 6.45) is -16.2. The van der Waals surface area contributed by atoms with Crippen LogP contribution in [-0.2, 0) is 16.8 Å². The van der Waals surface area contributed by atoms with Gasteiger partial charge in [0.05, 0.1) is 18.0 Å². The predicted octanol–water partition coefficient (Wildman–Crippen LogP) is 6.08. The van der Waals surface area contributed by atoms with Crippen LogP contribution in [0.2, 0.25) is 0 Å². The highest BCUT2D eigenvalue weighted by atomic mass is 19.4. The van der Waals surface area contributed by atoms with E-state index in [1.54, 1.807) is 30.3 Å². The second-order valence-corrected chi connectivity index (χ2v) is 8.63. The Labute approximate surface area is 216 Å². The van der Waals surface area contributed by atoms with Gasteiger partial charge in [-0.2, -0.15) is 30.7 Å². The molecule has 0 aliphatic heterocycles. The Kier molecular flexibility index (Phi) is 8.84. The number of carbonyl (C=O) groups excluding carboxylic acids is 1. The molecular weight excluding hydrogens is 543 g/mol. The molecule has 0 heterocycles. The average Bonchev–Trinajstić information content (AvgIpc) is 2.83. The average molecular weight is 564 g/mol. The molecule has 3 rings (SSSR count). The van der Waals surface area contributed by atoms with Crippen molar-refractivity contribution in [2.45, 2.75) is 43.1 Å². The lowest BCUT2D eigenvalue weighted by Gasteiger charge is -2.37. The van der Waals surface area contributed by atoms with Crippen LogP contribution in [0.5, 0.6) is 5.75 Å². The van der Waals surface area contributed by atoms with Gasteiger partial charge >= 0.3 is 18.7 Å². The van der Waals surface area contributed by atoms with Crippen molar-refractivity contribution in [3.8, 4) is 5.75 Å². The number of nitrogens with two attached hydrogens (primary N) is 1. The van der Waals surface area contributed by atoms with Gasteiger partial charge in [0.25, 0.3) is 0 Å². The van der Waals surface area contributed by atoms with Gasteiger partial charge in [0, 0.05) is 12.5 Å². The maximum Gasteiger partial charge on any atom is 0.461 e. The third-order valence-corrected chi connectivity index (χ3v) is 5.65. The monoisotopic (exact) mass is 564 g/mol. The molecule has 0 radical (unpaired) electrons. The summed E-state index contributed by atoms with van der Waals surface area (Å²) in [4.78, 5) is 13.0. The van der Waals surface area contributed by atoms with Gasteiger partial charge in [0.1, 0.15) is 17.4 Å². The fourth-order valence-electron chi connectivity index (χ4n) is 3.91. The number of alkyl halides is 7. The standard InChI is InChI=1S/C26H21F9N2O2/c27-18-8-6-16(7-9-18)24(13-15-4-2-1-3-5-15,37-22(38)21(36)14-25(31,32)33)17-10-19(28)12-20(11-17)39-26(34,35)23(29)30/h1-12,21,23H,13-14,36H2,(H,37,38)/t21?,24-/m1/s1. The minimum atomic E-state index is -5.03. The van der Waals surface area contributed by atoms with E-state index in [0.29, 0.717) is 11.6 Å². The molecule has 13 heteroatoms. The first kappa shape index (κ1) is 29.8. The van der Waals surface area contributed by atoms with Gasteiger partial charge in [-0.1, -0.05) is 42.5 Å². The van der Waals surface area contributed by atoms with E-state index in [1.807, 2.05) is 0 Å². The van der Waals surface area contributed by atoms with E-state index in [4.69, 9.17) is 5.73 Å². The van der Waals surface area contributed by atoms with E-state index in [9.17, 15) is 44.3 Å². The third kappa shape index (κ3) is 7.65. The molecule has 1 amide bonds.